The van der Waals surface area contributed by atoms with Crippen LogP contribution in [0, 0.1) is 12.8 Å². The van der Waals surface area contributed by atoms with E-state index in [0.717, 1.165) is 12.3 Å². The third-order valence-electron chi connectivity index (χ3n) is 2.95. The smallest absolute Gasteiger partial charge is 0.00819 e. The minimum Gasteiger partial charge on any atom is -0.327 e. The Morgan fingerprint density at radius 1 is 1.29 bits per heavy atom. The van der Waals surface area contributed by atoms with Crippen molar-refractivity contribution in [2.75, 3.05) is 0 Å². The van der Waals surface area contributed by atoms with Crippen LogP contribution in [0.25, 0.3) is 0 Å². The lowest BCUT2D eigenvalue weighted by atomic mass is 10.0. The lowest BCUT2D eigenvalue weighted by Crippen LogP contribution is -2.23. The summed E-state index contributed by atoms with van der Waals surface area (Å²) in [6, 6.07) is 9.09. The fourth-order valence-corrected chi connectivity index (χ4v) is 1.89. The quantitative estimate of drug-likeness (QED) is 0.774. The van der Waals surface area contributed by atoms with Crippen LogP contribution in [0.2, 0.25) is 0 Å². The van der Waals surface area contributed by atoms with E-state index in [0.29, 0.717) is 6.04 Å². The van der Waals surface area contributed by atoms with Crippen LogP contribution >= 0.6 is 0 Å². The molecular formula is C13H19N. The molecule has 0 aromatic heterocycles. The van der Waals surface area contributed by atoms with Crippen LogP contribution in [0.5, 0.6) is 0 Å². The van der Waals surface area contributed by atoms with Crippen molar-refractivity contribution in [2.45, 2.75) is 38.6 Å². The van der Waals surface area contributed by atoms with E-state index >= 15 is 0 Å². The highest BCUT2D eigenvalue weighted by molar-refractivity contribution is 5.22. The highest BCUT2D eigenvalue weighted by Gasteiger charge is 2.23. The van der Waals surface area contributed by atoms with Crippen molar-refractivity contribution < 1.29 is 0 Å². The van der Waals surface area contributed by atoms with Crippen LogP contribution < -0.4 is 5.73 Å². The highest BCUT2D eigenvalue weighted by Crippen LogP contribution is 2.33. The Labute approximate surface area is 86.3 Å². The third kappa shape index (κ3) is 2.85. The van der Waals surface area contributed by atoms with Gasteiger partial charge in [0.25, 0.3) is 0 Å². The first-order chi connectivity index (χ1) is 6.74. The number of benzene rings is 1. The van der Waals surface area contributed by atoms with E-state index < -0.39 is 0 Å². The predicted octanol–water partition coefficient (Wildman–Crippen LogP) is 2.66. The van der Waals surface area contributed by atoms with Gasteiger partial charge < -0.3 is 5.73 Å². The molecule has 1 heteroatoms. The van der Waals surface area contributed by atoms with Crippen molar-refractivity contribution in [1.82, 2.24) is 0 Å². The van der Waals surface area contributed by atoms with Gasteiger partial charge in [-0.05, 0) is 31.2 Å². The summed E-state index contributed by atoms with van der Waals surface area (Å²) < 4.78 is 0. The van der Waals surface area contributed by atoms with Gasteiger partial charge in [-0.25, -0.2) is 0 Å². The molecule has 1 unspecified atom stereocenters. The van der Waals surface area contributed by atoms with E-state index in [-0.39, 0.29) is 0 Å². The topological polar surface area (TPSA) is 26.0 Å². The third-order valence-corrected chi connectivity index (χ3v) is 2.95. The summed E-state index contributed by atoms with van der Waals surface area (Å²) in [6.45, 7) is 2.12. The molecule has 2 rings (SSSR count). The van der Waals surface area contributed by atoms with Gasteiger partial charge in [0, 0.05) is 6.04 Å². The average molecular weight is 189 g/mol. The Morgan fingerprint density at radius 3 is 2.50 bits per heavy atom. The zero-order valence-corrected chi connectivity index (χ0v) is 8.87. The molecule has 1 aliphatic carbocycles. The molecule has 1 aromatic carbocycles. The molecule has 0 amide bonds. The summed E-state index contributed by atoms with van der Waals surface area (Å²) >= 11 is 0. The summed E-state index contributed by atoms with van der Waals surface area (Å²) in [4.78, 5) is 0. The minimum absolute atomic E-state index is 0.366. The van der Waals surface area contributed by atoms with Crippen molar-refractivity contribution in [1.29, 1.82) is 0 Å². The Bertz CT molecular complexity index is 285. The maximum Gasteiger partial charge on any atom is 0.00819 e. The molecule has 0 bridgehead atoms. The lowest BCUT2D eigenvalue weighted by Gasteiger charge is -2.10. The molecule has 0 radical (unpaired) electrons. The fraction of sp³-hybridized carbons (Fsp3) is 0.538. The Morgan fingerprint density at radius 2 is 1.93 bits per heavy atom. The second-order valence-corrected chi connectivity index (χ2v) is 4.63. The Kier molecular flexibility index (Phi) is 2.87. The van der Waals surface area contributed by atoms with Gasteiger partial charge in [-0.1, -0.05) is 42.7 Å². The van der Waals surface area contributed by atoms with E-state index in [1.165, 1.54) is 30.4 Å². The van der Waals surface area contributed by atoms with Crippen LogP contribution in [0.4, 0.5) is 0 Å². The maximum atomic E-state index is 6.08. The molecule has 1 saturated carbocycles. The number of rotatable bonds is 4. The summed E-state index contributed by atoms with van der Waals surface area (Å²) in [5.41, 5.74) is 8.79. The number of nitrogens with two attached hydrogens (primary N) is 1. The van der Waals surface area contributed by atoms with Gasteiger partial charge in [0.2, 0.25) is 0 Å². The van der Waals surface area contributed by atoms with Crippen LogP contribution in [-0.2, 0) is 6.42 Å². The van der Waals surface area contributed by atoms with Gasteiger partial charge in [0.05, 0.1) is 0 Å². The molecule has 2 N–H and O–H groups in total. The van der Waals surface area contributed by atoms with Crippen molar-refractivity contribution in [2.24, 2.45) is 11.7 Å². The average Bonchev–Trinajstić information content (AvgIpc) is 2.93. The molecule has 1 atom stereocenters. The normalized spacial score (nSPS) is 18.1. The van der Waals surface area contributed by atoms with E-state index in [1.807, 2.05) is 0 Å². The molecule has 1 aliphatic rings. The zero-order chi connectivity index (χ0) is 9.97. The van der Waals surface area contributed by atoms with Crippen LogP contribution in [0.3, 0.4) is 0 Å². The Balaban J connectivity index is 1.85. The molecular weight excluding hydrogens is 170 g/mol. The van der Waals surface area contributed by atoms with E-state index in [4.69, 9.17) is 5.73 Å². The summed E-state index contributed by atoms with van der Waals surface area (Å²) in [5.74, 6) is 0.940. The molecule has 0 saturated heterocycles. The first-order valence-corrected chi connectivity index (χ1v) is 5.55. The van der Waals surface area contributed by atoms with E-state index in [9.17, 15) is 0 Å². The fourth-order valence-electron chi connectivity index (χ4n) is 1.89. The van der Waals surface area contributed by atoms with Gasteiger partial charge in [-0.2, -0.15) is 0 Å². The second-order valence-electron chi connectivity index (χ2n) is 4.63. The molecule has 1 fully saturated rings. The largest absolute Gasteiger partial charge is 0.327 e. The molecule has 14 heavy (non-hydrogen) atoms. The van der Waals surface area contributed by atoms with Crippen molar-refractivity contribution in [3.8, 4) is 0 Å². The van der Waals surface area contributed by atoms with Crippen molar-refractivity contribution in [3.63, 3.8) is 0 Å². The minimum atomic E-state index is 0.366. The first-order valence-electron chi connectivity index (χ1n) is 5.55. The summed E-state index contributed by atoms with van der Waals surface area (Å²) in [7, 11) is 0. The van der Waals surface area contributed by atoms with E-state index in [2.05, 4.69) is 31.2 Å². The van der Waals surface area contributed by atoms with Crippen LogP contribution in [0.15, 0.2) is 24.3 Å². The van der Waals surface area contributed by atoms with Crippen LogP contribution in [0.1, 0.15) is 30.4 Å². The van der Waals surface area contributed by atoms with Gasteiger partial charge in [0.15, 0.2) is 0 Å². The highest BCUT2D eigenvalue weighted by atomic mass is 14.6. The number of hydrogen-bond donors (Lipinski definition) is 1. The monoisotopic (exact) mass is 189 g/mol. The number of hydrogen-bond acceptors (Lipinski definition) is 1. The molecule has 0 aliphatic heterocycles. The molecule has 76 valence electrons. The summed E-state index contributed by atoms with van der Waals surface area (Å²) in [6.07, 6.45) is 5.06. The zero-order valence-electron chi connectivity index (χ0n) is 8.87. The van der Waals surface area contributed by atoms with Crippen molar-refractivity contribution in [3.05, 3.63) is 35.4 Å². The maximum absolute atomic E-state index is 6.08. The van der Waals surface area contributed by atoms with Gasteiger partial charge in [-0.3, -0.25) is 0 Å². The molecule has 0 spiro atoms. The van der Waals surface area contributed by atoms with Gasteiger partial charge >= 0.3 is 0 Å². The molecule has 0 heterocycles. The lowest BCUT2D eigenvalue weighted by molar-refractivity contribution is 0.566. The number of aryl methyl sites for hydroxylation is 1. The summed E-state index contributed by atoms with van der Waals surface area (Å²) in [5, 5.41) is 0. The van der Waals surface area contributed by atoms with E-state index in [1.54, 1.807) is 0 Å². The standard InChI is InChI=1S/C13H19N/c1-10-2-4-11(5-3-10)8-13(14)9-12-6-7-12/h2-5,12-13H,6-9,14H2,1H3. The van der Waals surface area contributed by atoms with Crippen molar-refractivity contribution >= 4 is 0 Å². The first kappa shape index (κ1) is 9.72. The Hall–Kier alpha value is -0.820. The van der Waals surface area contributed by atoms with Gasteiger partial charge in [0.1, 0.15) is 0 Å². The molecule has 1 nitrogen and oxygen atoms in total. The molecule has 1 aromatic rings. The van der Waals surface area contributed by atoms with Gasteiger partial charge in [-0.15, -0.1) is 0 Å². The SMILES string of the molecule is Cc1ccc(CC(N)CC2CC2)cc1. The second kappa shape index (κ2) is 4.14. The predicted molar refractivity (Wildman–Crippen MR) is 60.2 cm³/mol. The van der Waals surface area contributed by atoms with Crippen LogP contribution in [-0.4, -0.2) is 6.04 Å².